The third-order valence-electron chi connectivity index (χ3n) is 5.36. The van der Waals surface area contributed by atoms with Crippen LogP contribution in [-0.4, -0.2) is 17.7 Å². The van der Waals surface area contributed by atoms with Gasteiger partial charge in [0, 0.05) is 5.02 Å². The summed E-state index contributed by atoms with van der Waals surface area (Å²) in [5.41, 5.74) is 2.64. The van der Waals surface area contributed by atoms with Gasteiger partial charge in [0.25, 0.3) is 0 Å². The number of carboxylic acid groups (broad SMARTS) is 1. The van der Waals surface area contributed by atoms with Crippen molar-refractivity contribution in [3.05, 3.63) is 64.7 Å². The van der Waals surface area contributed by atoms with Gasteiger partial charge < -0.3 is 9.84 Å². The Bertz CT molecular complexity index is 741. The van der Waals surface area contributed by atoms with Crippen molar-refractivity contribution in [1.82, 2.24) is 0 Å². The first-order valence-electron chi connectivity index (χ1n) is 9.21. The highest BCUT2D eigenvalue weighted by atomic mass is 35.5. The molecule has 2 aromatic carbocycles. The molecule has 3 rings (SSSR count). The minimum Gasteiger partial charge on any atom is -0.482 e. The summed E-state index contributed by atoms with van der Waals surface area (Å²) in [5, 5.41) is 9.48. The van der Waals surface area contributed by atoms with Crippen LogP contribution in [0.2, 0.25) is 5.02 Å². The second kappa shape index (κ2) is 8.59. The zero-order chi connectivity index (χ0) is 18.5. The van der Waals surface area contributed by atoms with E-state index in [9.17, 15) is 4.79 Å². The Morgan fingerprint density at radius 2 is 2.00 bits per heavy atom. The molecule has 4 heteroatoms. The molecule has 0 bridgehead atoms. The predicted octanol–water partition coefficient (Wildman–Crippen LogP) is 5.88. The van der Waals surface area contributed by atoms with Crippen LogP contribution >= 0.6 is 11.6 Å². The van der Waals surface area contributed by atoms with Gasteiger partial charge in [0.15, 0.2) is 6.61 Å². The molecule has 3 nitrogen and oxygen atoms in total. The summed E-state index contributed by atoms with van der Waals surface area (Å²) in [6.07, 6.45) is 4.87. The maximum Gasteiger partial charge on any atom is 0.341 e. The van der Waals surface area contributed by atoms with Crippen molar-refractivity contribution in [3.63, 3.8) is 0 Å². The molecular weight excluding hydrogens is 348 g/mol. The number of ether oxygens (including phenoxy) is 1. The smallest absolute Gasteiger partial charge is 0.341 e. The molecule has 0 heterocycles. The van der Waals surface area contributed by atoms with E-state index < -0.39 is 5.97 Å². The number of hydrogen-bond acceptors (Lipinski definition) is 2. The van der Waals surface area contributed by atoms with Crippen molar-refractivity contribution < 1.29 is 14.6 Å². The lowest BCUT2D eigenvalue weighted by Gasteiger charge is -2.18. The van der Waals surface area contributed by atoms with E-state index in [1.807, 2.05) is 24.3 Å². The molecular formula is C22H25ClO3. The molecule has 0 amide bonds. The van der Waals surface area contributed by atoms with Gasteiger partial charge in [-0.25, -0.2) is 4.79 Å². The van der Waals surface area contributed by atoms with Gasteiger partial charge in [-0.15, -0.1) is 0 Å². The first kappa shape index (κ1) is 18.8. The molecule has 1 aliphatic carbocycles. The minimum absolute atomic E-state index is 0.299. The molecule has 0 spiro atoms. The fraction of sp³-hybridized carbons (Fsp3) is 0.409. The molecule has 1 aliphatic rings. The van der Waals surface area contributed by atoms with Crippen LogP contribution in [0.4, 0.5) is 0 Å². The molecule has 26 heavy (non-hydrogen) atoms. The zero-order valence-electron chi connectivity index (χ0n) is 15.0. The summed E-state index contributed by atoms with van der Waals surface area (Å²) < 4.78 is 5.21. The van der Waals surface area contributed by atoms with E-state index in [2.05, 4.69) is 31.2 Å². The fourth-order valence-electron chi connectivity index (χ4n) is 4.02. The number of rotatable bonds is 7. The third-order valence-corrected chi connectivity index (χ3v) is 5.59. The summed E-state index contributed by atoms with van der Waals surface area (Å²) in [6, 6.07) is 16.1. The Kier molecular flexibility index (Phi) is 6.20. The van der Waals surface area contributed by atoms with Crippen LogP contribution in [0.15, 0.2) is 48.5 Å². The van der Waals surface area contributed by atoms with Crippen LogP contribution in [0.3, 0.4) is 0 Å². The van der Waals surface area contributed by atoms with Crippen molar-refractivity contribution >= 4 is 17.6 Å². The molecule has 0 aliphatic heterocycles. The molecule has 1 saturated carbocycles. The van der Waals surface area contributed by atoms with Crippen LogP contribution in [0.5, 0.6) is 5.75 Å². The van der Waals surface area contributed by atoms with E-state index in [0.29, 0.717) is 17.6 Å². The highest BCUT2D eigenvalue weighted by Gasteiger charge is 2.27. The summed E-state index contributed by atoms with van der Waals surface area (Å²) in [4.78, 5) is 10.6. The van der Waals surface area contributed by atoms with Crippen LogP contribution in [0.25, 0.3) is 0 Å². The van der Waals surface area contributed by atoms with Gasteiger partial charge in [0.05, 0.1) is 0 Å². The highest BCUT2D eigenvalue weighted by Crippen LogP contribution is 2.42. The number of carbonyl (C=O) groups is 1. The Balaban J connectivity index is 1.54. The van der Waals surface area contributed by atoms with Gasteiger partial charge in [0.2, 0.25) is 0 Å². The van der Waals surface area contributed by atoms with Crippen molar-refractivity contribution in [3.8, 4) is 5.75 Å². The largest absolute Gasteiger partial charge is 0.482 e. The summed E-state index contributed by atoms with van der Waals surface area (Å²) in [7, 11) is 0. The SMILES string of the molecule is C[C@@H](CC1CCC(c2ccc(OCC(=O)O)cc2)C1)c1cccc(Cl)c1. The van der Waals surface area contributed by atoms with Crippen molar-refractivity contribution in [2.45, 2.75) is 44.4 Å². The van der Waals surface area contributed by atoms with Gasteiger partial charge in [-0.05, 0) is 78.8 Å². The maximum absolute atomic E-state index is 10.6. The second-order valence-electron chi connectivity index (χ2n) is 7.32. The monoisotopic (exact) mass is 372 g/mol. The van der Waals surface area contributed by atoms with E-state index in [1.54, 1.807) is 0 Å². The van der Waals surface area contributed by atoms with E-state index in [4.69, 9.17) is 21.4 Å². The first-order valence-corrected chi connectivity index (χ1v) is 9.59. The van der Waals surface area contributed by atoms with Crippen LogP contribution in [0, 0.1) is 5.92 Å². The molecule has 0 aromatic heterocycles. The van der Waals surface area contributed by atoms with E-state index >= 15 is 0 Å². The summed E-state index contributed by atoms with van der Waals surface area (Å²) >= 11 is 6.12. The highest BCUT2D eigenvalue weighted by molar-refractivity contribution is 6.30. The Morgan fingerprint density at radius 3 is 2.69 bits per heavy atom. The summed E-state index contributed by atoms with van der Waals surface area (Å²) in [5.74, 6) is 1.49. The lowest BCUT2D eigenvalue weighted by molar-refractivity contribution is -0.139. The lowest BCUT2D eigenvalue weighted by Crippen LogP contribution is -2.09. The second-order valence-corrected chi connectivity index (χ2v) is 7.76. The van der Waals surface area contributed by atoms with E-state index in [1.165, 1.54) is 36.8 Å². The normalized spacial score (nSPS) is 20.7. The number of hydrogen-bond donors (Lipinski definition) is 1. The third kappa shape index (κ3) is 5.01. The van der Waals surface area contributed by atoms with Crippen molar-refractivity contribution in [1.29, 1.82) is 0 Å². The van der Waals surface area contributed by atoms with E-state index in [-0.39, 0.29) is 6.61 Å². The average Bonchev–Trinajstić information content (AvgIpc) is 3.09. The van der Waals surface area contributed by atoms with E-state index in [0.717, 1.165) is 10.9 Å². The number of halogens is 1. The molecule has 0 saturated heterocycles. The van der Waals surface area contributed by atoms with Crippen molar-refractivity contribution in [2.75, 3.05) is 6.61 Å². The molecule has 138 valence electrons. The predicted molar refractivity (Wildman–Crippen MR) is 104 cm³/mol. The molecule has 1 fully saturated rings. The van der Waals surface area contributed by atoms with Crippen molar-refractivity contribution in [2.24, 2.45) is 5.92 Å². The minimum atomic E-state index is -0.957. The topological polar surface area (TPSA) is 46.5 Å². The number of aliphatic carboxylic acids is 1. The lowest BCUT2D eigenvalue weighted by atomic mass is 9.88. The van der Waals surface area contributed by atoms with Gasteiger partial charge >= 0.3 is 5.97 Å². The molecule has 1 N–H and O–H groups in total. The molecule has 3 atom stereocenters. The molecule has 2 unspecified atom stereocenters. The zero-order valence-corrected chi connectivity index (χ0v) is 15.8. The Morgan fingerprint density at radius 1 is 1.23 bits per heavy atom. The quantitative estimate of drug-likeness (QED) is 0.660. The van der Waals surface area contributed by atoms with Crippen LogP contribution in [0.1, 0.15) is 55.6 Å². The van der Waals surface area contributed by atoms with Gasteiger partial charge in [-0.1, -0.05) is 42.8 Å². The average molecular weight is 373 g/mol. The van der Waals surface area contributed by atoms with Crippen LogP contribution < -0.4 is 4.74 Å². The fourth-order valence-corrected chi connectivity index (χ4v) is 4.22. The van der Waals surface area contributed by atoms with Gasteiger partial charge in [-0.2, -0.15) is 0 Å². The maximum atomic E-state index is 10.6. The number of benzene rings is 2. The first-order chi connectivity index (χ1) is 12.5. The standard InChI is InChI=1S/C22H25ClO3/c1-15(18-3-2-4-20(23)13-18)11-16-5-6-19(12-16)17-7-9-21(10-8-17)26-14-22(24)25/h2-4,7-10,13,15-16,19H,5-6,11-12,14H2,1H3,(H,24,25)/t15-,16?,19?/m0/s1. The van der Waals surface area contributed by atoms with Crippen LogP contribution in [-0.2, 0) is 4.79 Å². The molecule has 0 radical (unpaired) electrons. The number of carboxylic acids is 1. The summed E-state index contributed by atoms with van der Waals surface area (Å²) in [6.45, 7) is 1.99. The van der Waals surface area contributed by atoms with Gasteiger partial charge in [-0.3, -0.25) is 0 Å². The Labute approximate surface area is 160 Å². The van der Waals surface area contributed by atoms with Gasteiger partial charge in [0.1, 0.15) is 5.75 Å². The Hall–Kier alpha value is -2.00. The molecule has 2 aromatic rings.